The number of hydrogen-bond acceptors (Lipinski definition) is 3. The fourth-order valence-corrected chi connectivity index (χ4v) is 3.82. The van der Waals surface area contributed by atoms with Crippen LogP contribution in [-0.4, -0.2) is 42.6 Å². The molecule has 0 bridgehead atoms. The van der Waals surface area contributed by atoms with Crippen LogP contribution in [0.5, 0.6) is 0 Å². The zero-order chi connectivity index (χ0) is 19.8. The van der Waals surface area contributed by atoms with E-state index >= 15 is 0 Å². The molecule has 1 aromatic carbocycles. The molecule has 0 spiro atoms. The Labute approximate surface area is 168 Å². The number of urea groups is 1. The minimum Gasteiger partial charge on any atom is -0.378 e. The third-order valence-electron chi connectivity index (χ3n) is 5.52. The molecule has 5 heteroatoms. The fraction of sp³-hybridized carbons (Fsp3) is 0.478. The number of aromatic nitrogens is 1. The summed E-state index contributed by atoms with van der Waals surface area (Å²) in [5.74, 6) is 0. The Morgan fingerprint density at radius 3 is 2.32 bits per heavy atom. The molecule has 0 aliphatic heterocycles. The molecule has 1 fully saturated rings. The molecule has 0 atom stereocenters. The monoisotopic (exact) mass is 380 g/mol. The molecule has 1 heterocycles. The molecular formula is C23H32N4O. The standard InChI is InChI=1S/C23H32N4O/c1-26(2)21-10-8-19(9-11-21)14-17-25-23(28)27(22-6-4-3-5-7-22)18-20-12-15-24-16-13-20/h8-13,15-16,22H,3-7,14,17-18H2,1-2H3,(H,25,28). The van der Waals surface area contributed by atoms with E-state index in [4.69, 9.17) is 0 Å². The molecule has 2 aromatic rings. The molecule has 0 unspecified atom stereocenters. The van der Waals surface area contributed by atoms with Crippen molar-refractivity contribution < 1.29 is 4.79 Å². The Bertz CT molecular complexity index is 724. The van der Waals surface area contributed by atoms with Crippen LogP contribution >= 0.6 is 0 Å². The van der Waals surface area contributed by atoms with E-state index in [1.807, 2.05) is 31.1 Å². The average molecular weight is 381 g/mol. The number of pyridine rings is 1. The quantitative estimate of drug-likeness (QED) is 0.782. The highest BCUT2D eigenvalue weighted by atomic mass is 16.2. The Kier molecular flexibility index (Phi) is 7.29. The van der Waals surface area contributed by atoms with Gasteiger partial charge in [0.2, 0.25) is 0 Å². The van der Waals surface area contributed by atoms with Crippen LogP contribution in [0.3, 0.4) is 0 Å². The van der Waals surface area contributed by atoms with E-state index in [-0.39, 0.29) is 6.03 Å². The number of nitrogens with one attached hydrogen (secondary N) is 1. The lowest BCUT2D eigenvalue weighted by molar-refractivity contribution is 0.151. The van der Waals surface area contributed by atoms with Crippen molar-refractivity contribution in [1.82, 2.24) is 15.2 Å². The van der Waals surface area contributed by atoms with E-state index in [0.717, 1.165) is 24.8 Å². The van der Waals surface area contributed by atoms with E-state index in [9.17, 15) is 4.79 Å². The first kappa shape index (κ1) is 20.2. The van der Waals surface area contributed by atoms with Gasteiger partial charge in [-0.15, -0.1) is 0 Å². The Hall–Kier alpha value is -2.56. The highest BCUT2D eigenvalue weighted by Gasteiger charge is 2.25. The Balaban J connectivity index is 1.57. The number of benzene rings is 1. The zero-order valence-electron chi connectivity index (χ0n) is 17.1. The van der Waals surface area contributed by atoms with Gasteiger partial charge in [-0.05, 0) is 54.7 Å². The van der Waals surface area contributed by atoms with E-state index < -0.39 is 0 Å². The maximum Gasteiger partial charge on any atom is 0.317 e. The van der Waals surface area contributed by atoms with Crippen molar-refractivity contribution in [3.8, 4) is 0 Å². The number of anilines is 1. The van der Waals surface area contributed by atoms with Gasteiger partial charge in [0.25, 0.3) is 0 Å². The molecule has 5 nitrogen and oxygen atoms in total. The van der Waals surface area contributed by atoms with Crippen LogP contribution in [-0.2, 0) is 13.0 Å². The molecule has 0 radical (unpaired) electrons. The fourth-order valence-electron chi connectivity index (χ4n) is 3.82. The van der Waals surface area contributed by atoms with Crippen molar-refractivity contribution in [2.75, 3.05) is 25.5 Å². The van der Waals surface area contributed by atoms with Gasteiger partial charge in [-0.1, -0.05) is 31.4 Å². The lowest BCUT2D eigenvalue weighted by Gasteiger charge is -2.34. The average Bonchev–Trinajstić information content (AvgIpc) is 2.73. The summed E-state index contributed by atoms with van der Waals surface area (Å²) in [7, 11) is 4.08. The highest BCUT2D eigenvalue weighted by Crippen LogP contribution is 2.24. The van der Waals surface area contributed by atoms with Crippen molar-refractivity contribution >= 4 is 11.7 Å². The second kappa shape index (κ2) is 10.1. The summed E-state index contributed by atoms with van der Waals surface area (Å²) in [6.45, 7) is 1.30. The first-order valence-corrected chi connectivity index (χ1v) is 10.3. The van der Waals surface area contributed by atoms with Crippen LogP contribution in [0.1, 0.15) is 43.2 Å². The van der Waals surface area contributed by atoms with Crippen molar-refractivity contribution in [3.05, 3.63) is 59.9 Å². The van der Waals surface area contributed by atoms with Gasteiger partial charge in [0.1, 0.15) is 0 Å². The third kappa shape index (κ3) is 5.72. The van der Waals surface area contributed by atoms with Crippen LogP contribution in [0.15, 0.2) is 48.8 Å². The third-order valence-corrected chi connectivity index (χ3v) is 5.52. The summed E-state index contributed by atoms with van der Waals surface area (Å²) < 4.78 is 0. The Morgan fingerprint density at radius 2 is 1.68 bits per heavy atom. The molecule has 1 saturated carbocycles. The number of rotatable bonds is 7. The van der Waals surface area contributed by atoms with Crippen molar-refractivity contribution in [1.29, 1.82) is 0 Å². The van der Waals surface area contributed by atoms with Gasteiger partial charge in [-0.3, -0.25) is 4.98 Å². The summed E-state index contributed by atoms with van der Waals surface area (Å²) in [6, 6.07) is 12.9. The van der Waals surface area contributed by atoms with E-state index in [0.29, 0.717) is 19.1 Å². The molecule has 1 aliphatic carbocycles. The Morgan fingerprint density at radius 1 is 1.00 bits per heavy atom. The number of amides is 2. The summed E-state index contributed by atoms with van der Waals surface area (Å²) in [5, 5.41) is 3.15. The highest BCUT2D eigenvalue weighted by molar-refractivity contribution is 5.74. The minimum absolute atomic E-state index is 0.0497. The van der Waals surface area contributed by atoms with Crippen LogP contribution < -0.4 is 10.2 Å². The van der Waals surface area contributed by atoms with E-state index in [1.54, 1.807) is 12.4 Å². The van der Waals surface area contributed by atoms with Gasteiger partial charge in [0, 0.05) is 51.3 Å². The van der Waals surface area contributed by atoms with Crippen molar-refractivity contribution in [2.45, 2.75) is 51.1 Å². The van der Waals surface area contributed by atoms with E-state index in [2.05, 4.69) is 39.5 Å². The van der Waals surface area contributed by atoms with Crippen molar-refractivity contribution in [3.63, 3.8) is 0 Å². The summed E-state index contributed by atoms with van der Waals surface area (Å²) in [5.41, 5.74) is 3.56. The predicted molar refractivity (Wildman–Crippen MR) is 115 cm³/mol. The van der Waals surface area contributed by atoms with E-state index in [1.165, 1.54) is 30.5 Å². The normalized spacial score (nSPS) is 14.5. The largest absolute Gasteiger partial charge is 0.378 e. The maximum atomic E-state index is 13.0. The number of nitrogens with zero attached hydrogens (tertiary/aromatic N) is 3. The number of carbonyl (C=O) groups is 1. The van der Waals surface area contributed by atoms with Gasteiger partial charge in [-0.2, -0.15) is 0 Å². The number of carbonyl (C=O) groups excluding carboxylic acids is 1. The summed E-state index contributed by atoms with van der Waals surface area (Å²) >= 11 is 0. The van der Waals surface area contributed by atoms with Crippen LogP contribution in [0.4, 0.5) is 10.5 Å². The van der Waals surface area contributed by atoms with Crippen molar-refractivity contribution in [2.24, 2.45) is 0 Å². The molecule has 3 rings (SSSR count). The van der Waals surface area contributed by atoms with Gasteiger partial charge in [-0.25, -0.2) is 4.79 Å². The molecule has 1 aliphatic rings. The zero-order valence-corrected chi connectivity index (χ0v) is 17.1. The second-order valence-electron chi connectivity index (χ2n) is 7.82. The lowest BCUT2D eigenvalue weighted by Crippen LogP contribution is -2.46. The summed E-state index contributed by atoms with van der Waals surface area (Å²) in [4.78, 5) is 21.2. The van der Waals surface area contributed by atoms with Gasteiger partial charge in [0.15, 0.2) is 0 Å². The predicted octanol–water partition coefficient (Wildman–Crippen LogP) is 4.23. The topological polar surface area (TPSA) is 48.5 Å². The van der Waals surface area contributed by atoms with Crippen LogP contribution in [0.25, 0.3) is 0 Å². The van der Waals surface area contributed by atoms with Gasteiger partial charge >= 0.3 is 6.03 Å². The molecule has 150 valence electrons. The summed E-state index contributed by atoms with van der Waals surface area (Å²) in [6.07, 6.45) is 10.3. The maximum absolute atomic E-state index is 13.0. The molecule has 2 amide bonds. The van der Waals surface area contributed by atoms with Crippen LogP contribution in [0, 0.1) is 0 Å². The lowest BCUT2D eigenvalue weighted by atomic mass is 9.94. The van der Waals surface area contributed by atoms with Gasteiger partial charge < -0.3 is 15.1 Å². The second-order valence-corrected chi connectivity index (χ2v) is 7.82. The smallest absolute Gasteiger partial charge is 0.317 e. The number of hydrogen-bond donors (Lipinski definition) is 1. The molecule has 1 N–H and O–H groups in total. The molecule has 1 aromatic heterocycles. The first-order valence-electron chi connectivity index (χ1n) is 10.3. The molecule has 0 saturated heterocycles. The minimum atomic E-state index is 0.0497. The SMILES string of the molecule is CN(C)c1ccc(CCNC(=O)N(Cc2ccncc2)C2CCCCC2)cc1. The first-order chi connectivity index (χ1) is 13.6. The molecular weight excluding hydrogens is 348 g/mol. The van der Waals surface area contributed by atoms with Crippen LogP contribution in [0.2, 0.25) is 0 Å². The van der Waals surface area contributed by atoms with Gasteiger partial charge in [0.05, 0.1) is 0 Å². The molecule has 28 heavy (non-hydrogen) atoms.